The zero-order valence-electron chi connectivity index (χ0n) is 10.5. The lowest BCUT2D eigenvalue weighted by Crippen LogP contribution is -2.41. The molecule has 0 aromatic carbocycles. The number of rotatable bonds is 5. The van der Waals surface area contributed by atoms with E-state index >= 15 is 0 Å². The standard InChI is InChI=1S/C11H22N2O4S/c14-11-9-18(15,16)8-10(11)12-2-1-3-13-4-6-17-7-5-13/h10-12,14H,1-9H2/t10-,11+/m1/s1. The Morgan fingerprint density at radius 1 is 1.28 bits per heavy atom. The second kappa shape index (κ2) is 6.29. The highest BCUT2D eigenvalue weighted by molar-refractivity contribution is 7.91. The summed E-state index contributed by atoms with van der Waals surface area (Å²) < 4.78 is 27.9. The molecule has 2 aliphatic heterocycles. The zero-order valence-corrected chi connectivity index (χ0v) is 11.4. The van der Waals surface area contributed by atoms with Crippen LogP contribution in [0.4, 0.5) is 0 Å². The smallest absolute Gasteiger partial charge is 0.154 e. The summed E-state index contributed by atoms with van der Waals surface area (Å²) in [7, 11) is -3.04. The van der Waals surface area contributed by atoms with Crippen molar-refractivity contribution < 1.29 is 18.3 Å². The lowest BCUT2D eigenvalue weighted by atomic mass is 10.2. The molecule has 0 aromatic heterocycles. The van der Waals surface area contributed by atoms with Crippen molar-refractivity contribution in [3.63, 3.8) is 0 Å². The summed E-state index contributed by atoms with van der Waals surface area (Å²) in [5, 5.41) is 12.7. The Bertz CT molecular complexity index is 354. The van der Waals surface area contributed by atoms with E-state index in [1.165, 1.54) is 0 Å². The monoisotopic (exact) mass is 278 g/mol. The number of nitrogens with one attached hydrogen (secondary N) is 1. The second-order valence-corrected chi connectivity index (χ2v) is 7.17. The van der Waals surface area contributed by atoms with Gasteiger partial charge in [0.15, 0.2) is 9.84 Å². The molecule has 2 rings (SSSR count). The van der Waals surface area contributed by atoms with Crippen LogP contribution in [0.15, 0.2) is 0 Å². The fourth-order valence-electron chi connectivity index (χ4n) is 2.44. The van der Waals surface area contributed by atoms with Crippen LogP contribution in [-0.4, -0.2) is 81.5 Å². The highest BCUT2D eigenvalue weighted by Gasteiger charge is 2.35. The quantitative estimate of drug-likeness (QED) is 0.593. The van der Waals surface area contributed by atoms with Crippen molar-refractivity contribution in [2.75, 3.05) is 50.9 Å². The molecule has 18 heavy (non-hydrogen) atoms. The van der Waals surface area contributed by atoms with Gasteiger partial charge in [-0.2, -0.15) is 0 Å². The van der Waals surface area contributed by atoms with Crippen LogP contribution in [0, 0.1) is 0 Å². The molecule has 0 spiro atoms. The minimum atomic E-state index is -3.04. The van der Waals surface area contributed by atoms with Gasteiger partial charge in [0, 0.05) is 19.1 Å². The summed E-state index contributed by atoms with van der Waals surface area (Å²) in [5.41, 5.74) is 0. The van der Waals surface area contributed by atoms with Crippen LogP contribution < -0.4 is 5.32 Å². The van der Waals surface area contributed by atoms with Crippen LogP contribution in [0.5, 0.6) is 0 Å². The predicted octanol–water partition coefficient (Wildman–Crippen LogP) is -1.54. The summed E-state index contributed by atoms with van der Waals surface area (Å²) in [6.07, 6.45) is 0.210. The fraction of sp³-hybridized carbons (Fsp3) is 1.00. The maximum Gasteiger partial charge on any atom is 0.154 e. The summed E-state index contributed by atoms with van der Waals surface area (Å²) >= 11 is 0. The first-order chi connectivity index (χ1) is 8.57. The first kappa shape index (κ1) is 14.2. The van der Waals surface area contributed by atoms with Crippen molar-refractivity contribution in [1.82, 2.24) is 10.2 Å². The number of morpholine rings is 1. The summed E-state index contributed by atoms with van der Waals surface area (Å²) in [6, 6.07) is -0.292. The summed E-state index contributed by atoms with van der Waals surface area (Å²) in [4.78, 5) is 2.34. The Kier molecular flexibility index (Phi) is 4.97. The molecule has 0 aliphatic carbocycles. The minimum absolute atomic E-state index is 0.0612. The molecule has 0 aromatic rings. The van der Waals surface area contributed by atoms with Crippen molar-refractivity contribution in [3.05, 3.63) is 0 Å². The van der Waals surface area contributed by atoms with E-state index in [0.717, 1.165) is 45.8 Å². The molecule has 6 nitrogen and oxygen atoms in total. The molecule has 2 heterocycles. The number of aliphatic hydroxyl groups is 1. The number of nitrogens with zero attached hydrogens (tertiary/aromatic N) is 1. The van der Waals surface area contributed by atoms with Crippen molar-refractivity contribution in [1.29, 1.82) is 0 Å². The molecule has 0 radical (unpaired) electrons. The Morgan fingerprint density at radius 2 is 2.00 bits per heavy atom. The molecule has 7 heteroatoms. The van der Waals surface area contributed by atoms with Gasteiger partial charge in [-0.25, -0.2) is 8.42 Å². The molecule has 2 fully saturated rings. The van der Waals surface area contributed by atoms with Gasteiger partial charge in [0.1, 0.15) is 0 Å². The molecule has 2 aliphatic rings. The number of hydrogen-bond donors (Lipinski definition) is 2. The van der Waals surface area contributed by atoms with Crippen molar-refractivity contribution in [2.24, 2.45) is 0 Å². The summed E-state index contributed by atoms with van der Waals surface area (Å²) in [5.74, 6) is -0.0418. The SMILES string of the molecule is O=S1(=O)C[C@H](O)[C@H](NCCCN2CCOCC2)C1. The van der Waals surface area contributed by atoms with Gasteiger partial charge in [-0.3, -0.25) is 4.90 Å². The Hall–Kier alpha value is -0.210. The van der Waals surface area contributed by atoms with Gasteiger partial charge in [0.25, 0.3) is 0 Å². The average Bonchev–Trinajstić information content (AvgIpc) is 2.59. The van der Waals surface area contributed by atoms with E-state index in [1.807, 2.05) is 0 Å². The Morgan fingerprint density at radius 3 is 2.61 bits per heavy atom. The third-order valence-electron chi connectivity index (χ3n) is 3.48. The third kappa shape index (κ3) is 4.17. The fourth-order valence-corrected chi connectivity index (χ4v) is 4.21. The van der Waals surface area contributed by atoms with E-state index in [2.05, 4.69) is 10.2 Å². The van der Waals surface area contributed by atoms with E-state index in [-0.39, 0.29) is 17.5 Å². The van der Waals surface area contributed by atoms with Crippen LogP contribution in [0.25, 0.3) is 0 Å². The van der Waals surface area contributed by atoms with Crippen LogP contribution >= 0.6 is 0 Å². The molecular formula is C11H22N2O4S. The molecule has 2 atom stereocenters. The molecule has 106 valence electrons. The number of hydrogen-bond acceptors (Lipinski definition) is 6. The van der Waals surface area contributed by atoms with E-state index in [9.17, 15) is 13.5 Å². The lowest BCUT2D eigenvalue weighted by molar-refractivity contribution is 0.0372. The maximum absolute atomic E-state index is 11.3. The van der Waals surface area contributed by atoms with Crippen LogP contribution in [0.2, 0.25) is 0 Å². The molecule has 0 amide bonds. The highest BCUT2D eigenvalue weighted by Crippen LogP contribution is 2.12. The van der Waals surface area contributed by atoms with E-state index in [0.29, 0.717) is 0 Å². The van der Waals surface area contributed by atoms with E-state index in [1.54, 1.807) is 0 Å². The topological polar surface area (TPSA) is 78.9 Å². The normalized spacial score (nSPS) is 32.7. The number of ether oxygens (including phenoxy) is 1. The Labute approximate surface area is 108 Å². The van der Waals surface area contributed by atoms with Crippen LogP contribution in [0.3, 0.4) is 0 Å². The predicted molar refractivity (Wildman–Crippen MR) is 68.3 cm³/mol. The Balaban J connectivity index is 1.60. The molecule has 0 bridgehead atoms. The van der Waals surface area contributed by atoms with Gasteiger partial charge in [0.05, 0.1) is 30.8 Å². The second-order valence-electron chi connectivity index (χ2n) is 5.01. The number of sulfone groups is 1. The molecule has 2 saturated heterocycles. The first-order valence-corrected chi connectivity index (χ1v) is 8.31. The maximum atomic E-state index is 11.3. The molecule has 0 saturated carbocycles. The van der Waals surface area contributed by atoms with Gasteiger partial charge < -0.3 is 15.2 Å². The minimum Gasteiger partial charge on any atom is -0.390 e. The van der Waals surface area contributed by atoms with Crippen molar-refractivity contribution >= 4 is 9.84 Å². The lowest BCUT2D eigenvalue weighted by Gasteiger charge is -2.26. The van der Waals surface area contributed by atoms with E-state index < -0.39 is 15.9 Å². The summed E-state index contributed by atoms with van der Waals surface area (Å²) in [6.45, 7) is 5.28. The van der Waals surface area contributed by atoms with Gasteiger partial charge >= 0.3 is 0 Å². The van der Waals surface area contributed by atoms with Crippen molar-refractivity contribution in [2.45, 2.75) is 18.6 Å². The molecular weight excluding hydrogens is 256 g/mol. The molecule has 0 unspecified atom stereocenters. The van der Waals surface area contributed by atoms with Gasteiger partial charge in [-0.05, 0) is 19.5 Å². The van der Waals surface area contributed by atoms with Crippen LogP contribution in [0.1, 0.15) is 6.42 Å². The van der Waals surface area contributed by atoms with Gasteiger partial charge in [0.2, 0.25) is 0 Å². The largest absolute Gasteiger partial charge is 0.390 e. The zero-order chi connectivity index (χ0) is 13.0. The first-order valence-electron chi connectivity index (χ1n) is 6.49. The average molecular weight is 278 g/mol. The van der Waals surface area contributed by atoms with Gasteiger partial charge in [-0.1, -0.05) is 0 Å². The van der Waals surface area contributed by atoms with Gasteiger partial charge in [-0.15, -0.1) is 0 Å². The molecule has 2 N–H and O–H groups in total. The van der Waals surface area contributed by atoms with Crippen molar-refractivity contribution in [3.8, 4) is 0 Å². The van der Waals surface area contributed by atoms with Crippen LogP contribution in [-0.2, 0) is 14.6 Å². The highest BCUT2D eigenvalue weighted by atomic mass is 32.2. The third-order valence-corrected chi connectivity index (χ3v) is 5.20. The number of aliphatic hydroxyl groups excluding tert-OH is 1. The van der Waals surface area contributed by atoms with E-state index in [4.69, 9.17) is 4.74 Å².